The number of carboxylic acids is 1. The van der Waals surface area contributed by atoms with Gasteiger partial charge < -0.3 is 25.2 Å². The van der Waals surface area contributed by atoms with Gasteiger partial charge in [0.2, 0.25) is 0 Å². The van der Waals surface area contributed by atoms with Gasteiger partial charge >= 0.3 is 25.7 Å². The van der Waals surface area contributed by atoms with Crippen LogP contribution in [0.4, 0.5) is 0 Å². The number of carboxylic acid groups (broad SMARTS) is 1. The molecule has 0 aromatic rings. The highest BCUT2D eigenvalue weighted by Gasteiger charge is 2.28. The molecule has 65 heavy (non-hydrogen) atoms. The van der Waals surface area contributed by atoms with E-state index >= 15 is 0 Å². The topological polar surface area (TPSA) is 172 Å². The van der Waals surface area contributed by atoms with Gasteiger partial charge in [0.05, 0.1) is 13.2 Å². The Balaban J connectivity index is 4.20. The molecule has 11 nitrogen and oxygen atoms in total. The van der Waals surface area contributed by atoms with Crippen LogP contribution in [0, 0.1) is 0 Å². The van der Waals surface area contributed by atoms with Crippen LogP contribution >= 0.6 is 7.82 Å². The number of aliphatic carboxylic acids is 1. The molecule has 382 valence electrons. The minimum Gasteiger partial charge on any atom is -0.480 e. The number of rotatable bonds is 51. The summed E-state index contributed by atoms with van der Waals surface area (Å²) in [6.45, 7) is 2.85. The zero-order chi connectivity index (χ0) is 47.7. The van der Waals surface area contributed by atoms with E-state index in [-0.39, 0.29) is 19.4 Å². The lowest BCUT2D eigenvalue weighted by Crippen LogP contribution is -2.34. The number of esters is 2. The third-order valence-electron chi connectivity index (χ3n) is 12.0. The first kappa shape index (κ1) is 63.0. The molecule has 0 saturated heterocycles. The van der Waals surface area contributed by atoms with E-state index in [1.54, 1.807) is 0 Å². The van der Waals surface area contributed by atoms with Crippen molar-refractivity contribution in [3.8, 4) is 0 Å². The molecule has 0 aliphatic carbocycles. The summed E-state index contributed by atoms with van der Waals surface area (Å²) in [5.74, 6) is -2.36. The molecular formula is C53H100NO10P. The maximum atomic E-state index is 12.7. The van der Waals surface area contributed by atoms with Gasteiger partial charge in [-0.05, 0) is 44.9 Å². The van der Waals surface area contributed by atoms with Crippen LogP contribution in [-0.4, -0.2) is 59.9 Å². The van der Waals surface area contributed by atoms with Crippen LogP contribution in [0.1, 0.15) is 264 Å². The second-order valence-corrected chi connectivity index (χ2v) is 19.8. The van der Waals surface area contributed by atoms with Gasteiger partial charge in [-0.3, -0.25) is 23.4 Å². The van der Waals surface area contributed by atoms with Crippen LogP contribution in [0.3, 0.4) is 0 Å². The summed E-state index contributed by atoms with van der Waals surface area (Å²) in [5, 5.41) is 8.93. The predicted molar refractivity (Wildman–Crippen MR) is 268 cm³/mol. The molecule has 0 rings (SSSR count). The maximum absolute atomic E-state index is 12.7. The Kier molecular flexibility index (Phi) is 46.9. The van der Waals surface area contributed by atoms with E-state index < -0.39 is 51.1 Å². The SMILES string of the molecule is CCCCCCC/C=C\C/C=C\CCCCCCCCCCCC(=O)OC(COC(=O)CCCCCCCCCCCCCCCCCCCCCC)COP(=O)(O)OCC(N)C(=O)O. The van der Waals surface area contributed by atoms with Crippen LogP contribution in [-0.2, 0) is 37.5 Å². The fourth-order valence-electron chi connectivity index (χ4n) is 7.75. The summed E-state index contributed by atoms with van der Waals surface area (Å²) in [6.07, 6.45) is 53.8. The fourth-order valence-corrected chi connectivity index (χ4v) is 8.52. The third-order valence-corrected chi connectivity index (χ3v) is 12.9. The maximum Gasteiger partial charge on any atom is 0.472 e. The van der Waals surface area contributed by atoms with Crippen molar-refractivity contribution in [3.05, 3.63) is 24.3 Å². The monoisotopic (exact) mass is 942 g/mol. The molecular weight excluding hydrogens is 842 g/mol. The fraction of sp³-hybridized carbons (Fsp3) is 0.868. The van der Waals surface area contributed by atoms with E-state index in [2.05, 4.69) is 38.2 Å². The summed E-state index contributed by atoms with van der Waals surface area (Å²) >= 11 is 0. The molecule has 0 aromatic carbocycles. The van der Waals surface area contributed by atoms with Gasteiger partial charge in [0.15, 0.2) is 6.10 Å². The summed E-state index contributed by atoms with van der Waals surface area (Å²) in [6, 6.07) is -1.52. The Bertz CT molecular complexity index is 1200. The normalized spacial score (nSPS) is 13.7. The molecule has 12 heteroatoms. The quantitative estimate of drug-likeness (QED) is 0.0229. The van der Waals surface area contributed by atoms with E-state index in [1.165, 1.54) is 173 Å². The largest absolute Gasteiger partial charge is 0.480 e. The smallest absolute Gasteiger partial charge is 0.472 e. The summed E-state index contributed by atoms with van der Waals surface area (Å²) in [5.41, 5.74) is 5.36. The Morgan fingerprint density at radius 3 is 1.20 bits per heavy atom. The highest BCUT2D eigenvalue weighted by Crippen LogP contribution is 2.43. The molecule has 0 heterocycles. The standard InChI is InChI=1S/C53H100NO10P/c1-3-5-7-9-11-13-15-17-19-21-23-25-27-29-31-33-35-37-39-41-43-45-52(56)64-49(47-62-65(59,60)63-48-50(54)53(57)58)46-61-51(55)44-42-40-38-36-34-32-30-28-26-24-22-20-18-16-14-12-10-8-6-4-2/h15,17,21,23,49-50H,3-14,16,18-20,22,24-48,54H2,1-2H3,(H,57,58)(H,59,60)/b17-15-,23-21-. The van der Waals surface area contributed by atoms with Crippen LogP contribution in [0.2, 0.25) is 0 Å². The predicted octanol–water partition coefficient (Wildman–Crippen LogP) is 15.4. The van der Waals surface area contributed by atoms with E-state index in [0.29, 0.717) is 12.8 Å². The Labute approximate surface area is 398 Å². The van der Waals surface area contributed by atoms with Gasteiger partial charge in [-0.1, -0.05) is 231 Å². The zero-order valence-electron chi connectivity index (χ0n) is 41.8. The molecule has 3 atom stereocenters. The van der Waals surface area contributed by atoms with Crippen molar-refractivity contribution in [2.75, 3.05) is 19.8 Å². The van der Waals surface area contributed by atoms with Crippen molar-refractivity contribution in [3.63, 3.8) is 0 Å². The Morgan fingerprint density at radius 1 is 0.477 bits per heavy atom. The van der Waals surface area contributed by atoms with Gasteiger partial charge in [-0.2, -0.15) is 0 Å². The second kappa shape index (κ2) is 48.4. The number of hydrogen-bond donors (Lipinski definition) is 3. The van der Waals surface area contributed by atoms with Crippen LogP contribution in [0.25, 0.3) is 0 Å². The number of hydrogen-bond acceptors (Lipinski definition) is 9. The number of carbonyl (C=O) groups excluding carboxylic acids is 2. The number of unbranched alkanes of at least 4 members (excludes halogenated alkanes) is 33. The second-order valence-electron chi connectivity index (χ2n) is 18.4. The van der Waals surface area contributed by atoms with E-state index in [4.69, 9.17) is 29.4 Å². The van der Waals surface area contributed by atoms with Crippen molar-refractivity contribution < 1.29 is 47.5 Å². The molecule has 0 fully saturated rings. The number of nitrogens with two attached hydrogens (primary N) is 1. The first-order chi connectivity index (χ1) is 31.6. The van der Waals surface area contributed by atoms with Gasteiger partial charge in [-0.15, -0.1) is 0 Å². The summed E-state index contributed by atoms with van der Waals surface area (Å²) in [4.78, 5) is 46.2. The first-order valence-corrected chi connectivity index (χ1v) is 28.4. The minimum absolute atomic E-state index is 0.160. The molecule has 0 aliphatic rings. The lowest BCUT2D eigenvalue weighted by atomic mass is 10.0. The lowest BCUT2D eigenvalue weighted by molar-refractivity contribution is -0.161. The number of allylic oxidation sites excluding steroid dienone is 4. The Morgan fingerprint density at radius 2 is 0.815 bits per heavy atom. The molecule has 0 saturated carbocycles. The number of phosphoric acid groups is 1. The van der Waals surface area contributed by atoms with E-state index in [9.17, 15) is 23.8 Å². The van der Waals surface area contributed by atoms with Crippen LogP contribution in [0.15, 0.2) is 24.3 Å². The molecule has 4 N–H and O–H groups in total. The number of carbonyl (C=O) groups is 3. The van der Waals surface area contributed by atoms with Crippen molar-refractivity contribution in [1.29, 1.82) is 0 Å². The third kappa shape index (κ3) is 48.2. The first-order valence-electron chi connectivity index (χ1n) is 26.9. The van der Waals surface area contributed by atoms with Crippen molar-refractivity contribution in [1.82, 2.24) is 0 Å². The van der Waals surface area contributed by atoms with E-state index in [1.807, 2.05) is 0 Å². The molecule has 0 radical (unpaired) electrons. The van der Waals surface area contributed by atoms with Gasteiger partial charge in [0.25, 0.3) is 0 Å². The molecule has 3 unspecified atom stereocenters. The molecule has 0 bridgehead atoms. The lowest BCUT2D eigenvalue weighted by Gasteiger charge is -2.20. The molecule has 0 aliphatic heterocycles. The molecule has 0 amide bonds. The average molecular weight is 942 g/mol. The van der Waals surface area contributed by atoms with Gasteiger partial charge in [-0.25, -0.2) is 4.57 Å². The number of ether oxygens (including phenoxy) is 2. The highest BCUT2D eigenvalue weighted by atomic mass is 31.2. The minimum atomic E-state index is -4.72. The van der Waals surface area contributed by atoms with Crippen molar-refractivity contribution in [2.45, 2.75) is 276 Å². The van der Waals surface area contributed by atoms with Crippen molar-refractivity contribution in [2.24, 2.45) is 5.73 Å². The highest BCUT2D eigenvalue weighted by molar-refractivity contribution is 7.47. The summed E-state index contributed by atoms with van der Waals surface area (Å²) in [7, 11) is -4.72. The molecule has 0 spiro atoms. The van der Waals surface area contributed by atoms with Crippen molar-refractivity contribution >= 4 is 25.7 Å². The average Bonchev–Trinajstić information content (AvgIpc) is 3.28. The van der Waals surface area contributed by atoms with Crippen LogP contribution in [0.5, 0.6) is 0 Å². The van der Waals surface area contributed by atoms with Gasteiger partial charge in [0, 0.05) is 12.8 Å². The van der Waals surface area contributed by atoms with Crippen LogP contribution < -0.4 is 5.73 Å². The van der Waals surface area contributed by atoms with E-state index in [0.717, 1.165) is 51.4 Å². The van der Waals surface area contributed by atoms with Gasteiger partial charge in [0.1, 0.15) is 12.6 Å². The zero-order valence-corrected chi connectivity index (χ0v) is 42.7. The number of phosphoric ester groups is 1. The summed E-state index contributed by atoms with van der Waals surface area (Å²) < 4.78 is 32.9. The molecule has 0 aromatic heterocycles. The Hall–Kier alpha value is -2.04.